The summed E-state index contributed by atoms with van der Waals surface area (Å²) in [7, 11) is -3.42. The first kappa shape index (κ1) is 16.9. The van der Waals surface area contributed by atoms with Gasteiger partial charge in [-0.05, 0) is 50.4 Å². The number of rotatable bonds is 5. The summed E-state index contributed by atoms with van der Waals surface area (Å²) in [6, 6.07) is 3.49. The van der Waals surface area contributed by atoms with Gasteiger partial charge in [0.25, 0.3) is 0 Å². The van der Waals surface area contributed by atoms with Crippen molar-refractivity contribution in [3.63, 3.8) is 0 Å². The molecule has 1 aliphatic heterocycles. The van der Waals surface area contributed by atoms with Crippen LogP contribution in [0.25, 0.3) is 0 Å². The second-order valence-electron chi connectivity index (χ2n) is 5.44. The summed E-state index contributed by atoms with van der Waals surface area (Å²) < 4.78 is 26.8. The Hall–Kier alpha value is -0.490. The number of sulfonamides is 1. The normalized spacial score (nSPS) is 19.5. The molecule has 1 heterocycles. The van der Waals surface area contributed by atoms with Crippen LogP contribution in [0, 0.1) is 6.92 Å². The number of benzene rings is 1. The van der Waals surface area contributed by atoms with Crippen molar-refractivity contribution in [1.29, 1.82) is 0 Å². The molecular weight excluding hydrogens is 331 g/mol. The van der Waals surface area contributed by atoms with Gasteiger partial charge < -0.3 is 5.32 Å². The van der Waals surface area contributed by atoms with Gasteiger partial charge in [-0.2, -0.15) is 0 Å². The van der Waals surface area contributed by atoms with Gasteiger partial charge in [0, 0.05) is 11.1 Å². The summed E-state index contributed by atoms with van der Waals surface area (Å²) in [5.74, 6) is 0.0759. The van der Waals surface area contributed by atoms with E-state index in [1.165, 1.54) is 6.42 Å². The molecule has 0 saturated carbocycles. The van der Waals surface area contributed by atoms with Gasteiger partial charge in [0.05, 0.1) is 16.5 Å². The first-order valence-corrected chi connectivity index (χ1v) is 9.48. The fraction of sp³-hybridized carbons (Fsp3) is 0.571. The Balaban J connectivity index is 1.98. The molecule has 0 amide bonds. The standard InChI is InChI=1S/C14H20Cl2N2O2S/c1-10-8-13(16)14(9-12(10)15)18-21(19,20)7-5-11-4-2-3-6-17-11/h8-9,11,17-18H,2-7H2,1H3. The maximum absolute atomic E-state index is 12.2. The summed E-state index contributed by atoms with van der Waals surface area (Å²) in [4.78, 5) is 0. The highest BCUT2D eigenvalue weighted by Gasteiger charge is 2.18. The third-order valence-electron chi connectivity index (χ3n) is 3.66. The molecule has 1 fully saturated rings. The molecule has 0 bridgehead atoms. The monoisotopic (exact) mass is 350 g/mol. The van der Waals surface area contributed by atoms with E-state index in [0.717, 1.165) is 24.9 Å². The Labute approximate surface area is 136 Å². The molecule has 0 aliphatic carbocycles. The molecule has 1 unspecified atom stereocenters. The van der Waals surface area contributed by atoms with Crippen molar-refractivity contribution in [2.75, 3.05) is 17.0 Å². The van der Waals surface area contributed by atoms with Crippen LogP contribution in [0.5, 0.6) is 0 Å². The van der Waals surface area contributed by atoms with E-state index in [-0.39, 0.29) is 11.8 Å². The molecule has 1 aromatic carbocycles. The summed E-state index contributed by atoms with van der Waals surface area (Å²) in [5.41, 5.74) is 1.15. The number of hydrogen-bond donors (Lipinski definition) is 2. The van der Waals surface area contributed by atoms with Crippen LogP contribution in [-0.2, 0) is 10.0 Å². The molecule has 1 aliphatic rings. The second kappa shape index (κ2) is 7.18. The minimum Gasteiger partial charge on any atom is -0.314 e. The molecule has 1 aromatic rings. The topological polar surface area (TPSA) is 58.2 Å². The predicted octanol–water partition coefficient (Wildman–Crippen LogP) is 3.58. The molecule has 2 rings (SSSR count). The van der Waals surface area contributed by atoms with Crippen LogP contribution >= 0.6 is 23.2 Å². The zero-order valence-electron chi connectivity index (χ0n) is 12.0. The van der Waals surface area contributed by atoms with E-state index in [1.807, 2.05) is 6.92 Å². The van der Waals surface area contributed by atoms with Crippen molar-refractivity contribution in [1.82, 2.24) is 5.32 Å². The lowest BCUT2D eigenvalue weighted by Gasteiger charge is -2.23. The van der Waals surface area contributed by atoms with E-state index in [2.05, 4.69) is 10.0 Å². The maximum atomic E-state index is 12.2. The lowest BCUT2D eigenvalue weighted by molar-refractivity contribution is 0.393. The van der Waals surface area contributed by atoms with Crippen molar-refractivity contribution in [3.05, 3.63) is 27.7 Å². The Morgan fingerprint density at radius 3 is 2.71 bits per heavy atom. The quantitative estimate of drug-likeness (QED) is 0.853. The Morgan fingerprint density at radius 2 is 2.05 bits per heavy atom. The van der Waals surface area contributed by atoms with Crippen molar-refractivity contribution >= 4 is 38.9 Å². The molecule has 7 heteroatoms. The Kier molecular flexibility index (Phi) is 5.77. The van der Waals surface area contributed by atoms with Gasteiger partial charge in [0.15, 0.2) is 0 Å². The lowest BCUT2D eigenvalue weighted by atomic mass is 10.0. The minimum atomic E-state index is -3.42. The highest BCUT2D eigenvalue weighted by Crippen LogP contribution is 2.29. The molecular formula is C14H20Cl2N2O2S. The van der Waals surface area contributed by atoms with E-state index in [1.54, 1.807) is 12.1 Å². The molecule has 2 N–H and O–H groups in total. The molecule has 118 valence electrons. The largest absolute Gasteiger partial charge is 0.314 e. The number of aryl methyl sites for hydroxylation is 1. The fourth-order valence-electron chi connectivity index (χ4n) is 2.41. The molecule has 21 heavy (non-hydrogen) atoms. The number of piperidine rings is 1. The van der Waals surface area contributed by atoms with E-state index < -0.39 is 10.0 Å². The van der Waals surface area contributed by atoms with Crippen LogP contribution in [0.4, 0.5) is 5.69 Å². The van der Waals surface area contributed by atoms with Crippen molar-refractivity contribution < 1.29 is 8.42 Å². The molecule has 0 radical (unpaired) electrons. The van der Waals surface area contributed by atoms with E-state index in [9.17, 15) is 8.42 Å². The maximum Gasteiger partial charge on any atom is 0.232 e. The van der Waals surface area contributed by atoms with Crippen LogP contribution in [0.3, 0.4) is 0 Å². The van der Waals surface area contributed by atoms with Crippen LogP contribution in [0.15, 0.2) is 12.1 Å². The van der Waals surface area contributed by atoms with E-state index >= 15 is 0 Å². The van der Waals surface area contributed by atoms with Gasteiger partial charge in [0.2, 0.25) is 10.0 Å². The van der Waals surface area contributed by atoms with Gasteiger partial charge in [-0.1, -0.05) is 29.6 Å². The van der Waals surface area contributed by atoms with Gasteiger partial charge in [-0.15, -0.1) is 0 Å². The van der Waals surface area contributed by atoms with E-state index in [0.29, 0.717) is 22.2 Å². The summed E-state index contributed by atoms with van der Waals surface area (Å²) >= 11 is 12.1. The third kappa shape index (κ3) is 5.02. The smallest absolute Gasteiger partial charge is 0.232 e. The van der Waals surface area contributed by atoms with Crippen molar-refractivity contribution in [2.24, 2.45) is 0 Å². The van der Waals surface area contributed by atoms with Crippen molar-refractivity contribution in [3.8, 4) is 0 Å². The number of halogens is 2. The van der Waals surface area contributed by atoms with Crippen LogP contribution in [0.1, 0.15) is 31.2 Å². The van der Waals surface area contributed by atoms with Gasteiger partial charge >= 0.3 is 0 Å². The van der Waals surface area contributed by atoms with Crippen LogP contribution in [0.2, 0.25) is 10.0 Å². The first-order chi connectivity index (χ1) is 9.87. The van der Waals surface area contributed by atoms with Crippen molar-refractivity contribution in [2.45, 2.75) is 38.6 Å². The lowest BCUT2D eigenvalue weighted by Crippen LogP contribution is -2.36. The predicted molar refractivity (Wildman–Crippen MR) is 88.9 cm³/mol. The van der Waals surface area contributed by atoms with Crippen LogP contribution < -0.4 is 10.0 Å². The molecule has 0 aromatic heterocycles. The zero-order valence-corrected chi connectivity index (χ0v) is 14.3. The average Bonchev–Trinajstić information content (AvgIpc) is 2.44. The summed E-state index contributed by atoms with van der Waals surface area (Å²) in [5, 5.41) is 4.19. The second-order valence-corrected chi connectivity index (χ2v) is 8.09. The Morgan fingerprint density at radius 1 is 1.29 bits per heavy atom. The molecule has 1 atom stereocenters. The van der Waals surface area contributed by atoms with Gasteiger partial charge in [-0.3, -0.25) is 4.72 Å². The fourth-order valence-corrected chi connectivity index (χ4v) is 4.10. The number of nitrogens with one attached hydrogen (secondary N) is 2. The minimum absolute atomic E-state index is 0.0759. The van der Waals surface area contributed by atoms with Gasteiger partial charge in [-0.25, -0.2) is 8.42 Å². The highest BCUT2D eigenvalue weighted by atomic mass is 35.5. The summed E-state index contributed by atoms with van der Waals surface area (Å²) in [6.45, 7) is 2.79. The molecule has 0 spiro atoms. The number of hydrogen-bond acceptors (Lipinski definition) is 3. The van der Waals surface area contributed by atoms with Gasteiger partial charge in [0.1, 0.15) is 0 Å². The highest BCUT2D eigenvalue weighted by molar-refractivity contribution is 7.92. The first-order valence-electron chi connectivity index (χ1n) is 7.07. The number of anilines is 1. The average molecular weight is 351 g/mol. The summed E-state index contributed by atoms with van der Waals surface area (Å²) in [6.07, 6.45) is 3.96. The molecule has 4 nitrogen and oxygen atoms in total. The molecule has 1 saturated heterocycles. The van der Waals surface area contributed by atoms with E-state index in [4.69, 9.17) is 23.2 Å². The zero-order chi connectivity index (χ0) is 15.5. The Bertz CT molecular complexity index is 599. The third-order valence-corrected chi connectivity index (χ3v) is 5.69. The SMILES string of the molecule is Cc1cc(Cl)c(NS(=O)(=O)CCC2CCCCN2)cc1Cl. The van der Waals surface area contributed by atoms with Crippen LogP contribution in [-0.4, -0.2) is 26.8 Å².